The van der Waals surface area contributed by atoms with Crippen molar-refractivity contribution in [3.8, 4) is 5.75 Å². The molecule has 0 saturated heterocycles. The fraction of sp³-hybridized carbons (Fsp3) is 0.333. The lowest BCUT2D eigenvalue weighted by Crippen LogP contribution is -2.43. The van der Waals surface area contributed by atoms with Crippen LogP contribution in [0.4, 0.5) is 45.2 Å². The Morgan fingerprint density at radius 1 is 0.737 bits per heavy atom. The summed E-state index contributed by atoms with van der Waals surface area (Å²) in [5.74, 6) is -17.5. The van der Waals surface area contributed by atoms with Crippen molar-refractivity contribution in [3.05, 3.63) is 123 Å². The number of rotatable bonds is 14. The maximum Gasteiger partial charge on any atom is 0.416 e. The van der Waals surface area contributed by atoms with Crippen LogP contribution in [0.2, 0.25) is 0 Å². The lowest BCUT2D eigenvalue weighted by molar-refractivity contribution is -0.138. The number of amides is 1. The minimum Gasteiger partial charge on any atom is -0.488 e. The van der Waals surface area contributed by atoms with Gasteiger partial charge in [0.25, 0.3) is 0 Å². The first-order chi connectivity index (χ1) is 26.8. The number of halogens is 9. The molecule has 3 saturated carbocycles. The number of hydrogen-bond donors (Lipinski definition) is 1. The summed E-state index contributed by atoms with van der Waals surface area (Å²) in [4.78, 5) is 25.1. The van der Waals surface area contributed by atoms with Crippen LogP contribution in [0.15, 0.2) is 59.5 Å². The molecule has 3 fully saturated rings. The number of carboxylic acids is 1. The second kappa shape index (κ2) is 15.0. The Morgan fingerprint density at radius 2 is 1.32 bits per heavy atom. The highest BCUT2D eigenvalue weighted by Gasteiger charge is 2.41. The Labute approximate surface area is 319 Å². The van der Waals surface area contributed by atoms with Gasteiger partial charge in [-0.25, -0.2) is 39.6 Å². The molecule has 0 spiro atoms. The molecular weight excluding hydrogens is 795 g/mol. The van der Waals surface area contributed by atoms with Gasteiger partial charge in [-0.1, -0.05) is 24.3 Å². The zero-order valence-electron chi connectivity index (χ0n) is 29.5. The number of carbonyl (C=O) groups excluding carboxylic acids is 1. The molecule has 0 atom stereocenters. The van der Waals surface area contributed by atoms with E-state index in [4.69, 9.17) is 4.74 Å². The summed E-state index contributed by atoms with van der Waals surface area (Å²) in [7, 11) is -6.12. The highest BCUT2D eigenvalue weighted by molar-refractivity contribution is 7.89. The molecule has 57 heavy (non-hydrogen) atoms. The predicted molar refractivity (Wildman–Crippen MR) is 184 cm³/mol. The monoisotopic (exact) mass is 826 g/mol. The molecule has 18 heteroatoms. The number of ether oxygens (including phenoxy) is 1. The van der Waals surface area contributed by atoms with Gasteiger partial charge in [-0.15, -0.1) is 0 Å². The molecule has 0 aromatic heterocycles. The van der Waals surface area contributed by atoms with Crippen LogP contribution in [-0.2, 0) is 34.1 Å². The van der Waals surface area contributed by atoms with Gasteiger partial charge < -0.3 is 14.7 Å². The molecule has 0 aliphatic heterocycles. The SMILES string of the molecule is O=C(O)c1ccc(N(Cc2cc(C3CC3)cc(C3CC3)c2)C(=O)CN(Cc2ccc(F)cc2C(F)(F)F)S(=O)(=O)c2c(F)c(F)c(F)c(F)c2F)c(OC2CC2)c1. The Bertz CT molecular complexity index is 2340. The zero-order chi connectivity index (χ0) is 41.1. The van der Waals surface area contributed by atoms with Gasteiger partial charge in [0.05, 0.1) is 36.0 Å². The summed E-state index contributed by atoms with van der Waals surface area (Å²) in [6.07, 6.45) is -1.01. The second-order valence-corrected chi connectivity index (χ2v) is 16.2. The number of carboxylic acid groups (broad SMARTS) is 1. The van der Waals surface area contributed by atoms with E-state index in [1.807, 2.05) is 18.2 Å². The van der Waals surface area contributed by atoms with Crippen LogP contribution >= 0.6 is 0 Å². The molecule has 8 nitrogen and oxygen atoms in total. The van der Waals surface area contributed by atoms with Crippen molar-refractivity contribution in [2.75, 3.05) is 11.4 Å². The second-order valence-electron chi connectivity index (χ2n) is 14.3. The Kier molecular flexibility index (Phi) is 10.6. The van der Waals surface area contributed by atoms with E-state index in [2.05, 4.69) is 0 Å². The van der Waals surface area contributed by atoms with Crippen molar-refractivity contribution in [1.82, 2.24) is 4.31 Å². The topological polar surface area (TPSA) is 104 Å². The number of carbonyl (C=O) groups is 2. The third-order valence-electron chi connectivity index (χ3n) is 9.90. The van der Waals surface area contributed by atoms with Crippen LogP contribution in [0.1, 0.15) is 88.5 Å². The average molecular weight is 827 g/mol. The number of alkyl halides is 3. The molecule has 0 unspecified atom stereocenters. The maximum absolute atomic E-state index is 15.2. The van der Waals surface area contributed by atoms with Gasteiger partial charge in [0, 0.05) is 6.54 Å². The lowest BCUT2D eigenvalue weighted by Gasteiger charge is -2.30. The third kappa shape index (κ3) is 8.47. The molecule has 302 valence electrons. The number of hydrogen-bond acceptors (Lipinski definition) is 5. The molecule has 0 heterocycles. The molecule has 3 aliphatic rings. The van der Waals surface area contributed by atoms with Crippen LogP contribution in [0.25, 0.3) is 0 Å². The van der Waals surface area contributed by atoms with Crippen LogP contribution in [0.3, 0.4) is 0 Å². The maximum atomic E-state index is 15.2. The van der Waals surface area contributed by atoms with Gasteiger partial charge in [-0.2, -0.15) is 17.5 Å². The Morgan fingerprint density at radius 3 is 1.84 bits per heavy atom. The van der Waals surface area contributed by atoms with E-state index in [1.165, 1.54) is 6.07 Å². The van der Waals surface area contributed by atoms with Gasteiger partial charge >= 0.3 is 12.1 Å². The van der Waals surface area contributed by atoms with E-state index in [1.54, 1.807) is 0 Å². The van der Waals surface area contributed by atoms with E-state index < -0.39 is 98.2 Å². The minimum absolute atomic E-state index is 0.00244. The minimum atomic E-state index is -6.12. The average Bonchev–Trinajstić information content (AvgIpc) is 3.99. The molecule has 0 radical (unpaired) electrons. The number of nitrogens with zero attached hydrogens (tertiary/aromatic N) is 2. The Balaban J connectivity index is 1.37. The van der Waals surface area contributed by atoms with Crippen LogP contribution in [-0.4, -0.2) is 42.4 Å². The van der Waals surface area contributed by atoms with Crippen LogP contribution in [0, 0.1) is 34.9 Å². The summed E-state index contributed by atoms with van der Waals surface area (Å²) in [5.41, 5.74) is -0.730. The lowest BCUT2D eigenvalue weighted by atomic mass is 9.99. The zero-order valence-corrected chi connectivity index (χ0v) is 30.3. The smallest absolute Gasteiger partial charge is 0.416 e. The normalized spacial score (nSPS) is 15.9. The van der Waals surface area contributed by atoms with Crippen molar-refractivity contribution in [1.29, 1.82) is 0 Å². The van der Waals surface area contributed by atoms with E-state index in [0.29, 0.717) is 30.5 Å². The number of benzene rings is 4. The molecule has 3 aliphatic carbocycles. The van der Waals surface area contributed by atoms with Gasteiger partial charge in [0.1, 0.15) is 11.6 Å². The van der Waals surface area contributed by atoms with E-state index in [-0.39, 0.29) is 45.8 Å². The van der Waals surface area contributed by atoms with Crippen LogP contribution < -0.4 is 9.64 Å². The summed E-state index contributed by atoms with van der Waals surface area (Å²) in [6, 6.07) is 10.1. The number of sulfonamides is 1. The quantitative estimate of drug-likeness (QED) is 0.0774. The van der Waals surface area contributed by atoms with Gasteiger partial charge in [0.2, 0.25) is 21.7 Å². The molecule has 4 aromatic rings. The Hall–Kier alpha value is -5.10. The highest BCUT2D eigenvalue weighted by atomic mass is 32.2. The molecule has 4 aromatic carbocycles. The molecule has 7 rings (SSSR count). The summed E-state index contributed by atoms with van der Waals surface area (Å²) >= 11 is 0. The fourth-order valence-corrected chi connectivity index (χ4v) is 7.98. The first kappa shape index (κ1) is 40.1. The first-order valence-electron chi connectivity index (χ1n) is 17.7. The van der Waals surface area contributed by atoms with Gasteiger partial charge in [-0.05, 0) is 103 Å². The van der Waals surface area contributed by atoms with Crippen molar-refractivity contribution in [2.45, 2.75) is 80.6 Å². The van der Waals surface area contributed by atoms with E-state index in [0.717, 1.165) is 53.8 Å². The molecule has 1 amide bonds. The van der Waals surface area contributed by atoms with Crippen molar-refractivity contribution in [2.24, 2.45) is 0 Å². The van der Waals surface area contributed by atoms with Gasteiger partial charge in [0.15, 0.2) is 28.2 Å². The molecule has 0 bridgehead atoms. The summed E-state index contributed by atoms with van der Waals surface area (Å²) < 4.78 is 163. The standard InChI is InChI=1S/C39H31F9N2O6S/c40-26-7-5-23(28(15-26)39(46,47)48)17-49(57(54,55)37-35(44)33(42)32(41)34(43)36(37)45)18-31(51)50(29-10-6-22(38(52)53)14-30(29)56-27-8-9-27)16-19-11-24(20-1-2-20)13-25(12-19)21-3-4-21/h5-7,10-15,20-21,27H,1-4,8-9,16-18H2,(H,52,53). The van der Waals surface area contributed by atoms with Gasteiger partial charge in [-0.3, -0.25) is 4.79 Å². The van der Waals surface area contributed by atoms with E-state index in [9.17, 15) is 53.8 Å². The summed E-state index contributed by atoms with van der Waals surface area (Å²) in [5, 5.41) is 9.71. The number of aromatic carboxylic acids is 1. The van der Waals surface area contributed by atoms with Crippen molar-refractivity contribution < 1.29 is 67.4 Å². The largest absolute Gasteiger partial charge is 0.488 e. The third-order valence-corrected chi connectivity index (χ3v) is 11.7. The van der Waals surface area contributed by atoms with Crippen molar-refractivity contribution >= 4 is 27.6 Å². The molecular formula is C39H31F9N2O6S. The fourth-order valence-electron chi connectivity index (χ4n) is 6.50. The predicted octanol–water partition coefficient (Wildman–Crippen LogP) is 8.96. The van der Waals surface area contributed by atoms with E-state index >= 15 is 8.78 Å². The number of anilines is 1. The summed E-state index contributed by atoms with van der Waals surface area (Å²) in [6.45, 7) is -3.51. The van der Waals surface area contributed by atoms with Crippen LogP contribution in [0.5, 0.6) is 5.75 Å². The van der Waals surface area contributed by atoms with Crippen molar-refractivity contribution in [3.63, 3.8) is 0 Å². The molecule has 1 N–H and O–H groups in total. The highest BCUT2D eigenvalue weighted by Crippen LogP contribution is 2.46. The first-order valence-corrected chi connectivity index (χ1v) is 19.1.